The molecule has 0 aliphatic heterocycles. The standard InChI is InChI=1S/C20H30N4S/c1-16(17-9-6-5-7-10-17)24-20(2,3)15-23-19(21-4)22-13-12-18-11-8-14-25-18/h5-11,14,16,24H,12-13,15H2,1-4H3,(H2,21,22,23). The van der Waals surface area contributed by atoms with Gasteiger partial charge in [-0.2, -0.15) is 0 Å². The number of rotatable bonds is 8. The quantitative estimate of drug-likeness (QED) is 0.499. The van der Waals surface area contributed by atoms with E-state index in [9.17, 15) is 0 Å². The van der Waals surface area contributed by atoms with Crippen LogP contribution in [0.1, 0.15) is 37.3 Å². The smallest absolute Gasteiger partial charge is 0.191 e. The van der Waals surface area contributed by atoms with Crippen molar-refractivity contribution in [3.05, 3.63) is 58.3 Å². The lowest BCUT2D eigenvalue weighted by Crippen LogP contribution is -2.52. The van der Waals surface area contributed by atoms with Crippen LogP contribution in [0, 0.1) is 0 Å². The Kier molecular flexibility index (Phi) is 7.47. The van der Waals surface area contributed by atoms with Crippen molar-refractivity contribution in [1.82, 2.24) is 16.0 Å². The van der Waals surface area contributed by atoms with Crippen LogP contribution in [0.3, 0.4) is 0 Å². The third-order valence-electron chi connectivity index (χ3n) is 4.07. The summed E-state index contributed by atoms with van der Waals surface area (Å²) in [6, 6.07) is 15.1. The molecule has 1 atom stereocenters. The minimum Gasteiger partial charge on any atom is -0.356 e. The Bertz CT molecular complexity index is 635. The average Bonchev–Trinajstić information content (AvgIpc) is 3.11. The zero-order chi connectivity index (χ0) is 18.1. The van der Waals surface area contributed by atoms with Crippen LogP contribution in [0.15, 0.2) is 52.8 Å². The Morgan fingerprint density at radius 3 is 2.52 bits per heavy atom. The van der Waals surface area contributed by atoms with E-state index in [0.717, 1.165) is 25.5 Å². The van der Waals surface area contributed by atoms with Gasteiger partial charge < -0.3 is 16.0 Å². The number of aliphatic imine (C=N–C) groups is 1. The maximum Gasteiger partial charge on any atom is 0.191 e. The zero-order valence-electron chi connectivity index (χ0n) is 15.7. The molecule has 2 rings (SSSR count). The summed E-state index contributed by atoms with van der Waals surface area (Å²) >= 11 is 1.79. The predicted molar refractivity (Wildman–Crippen MR) is 109 cm³/mol. The van der Waals surface area contributed by atoms with Gasteiger partial charge in [-0.3, -0.25) is 4.99 Å². The molecule has 0 saturated heterocycles. The van der Waals surface area contributed by atoms with Crippen molar-refractivity contribution < 1.29 is 0 Å². The van der Waals surface area contributed by atoms with E-state index in [1.54, 1.807) is 11.3 Å². The average molecular weight is 359 g/mol. The Hall–Kier alpha value is -1.85. The molecule has 1 unspecified atom stereocenters. The highest BCUT2D eigenvalue weighted by Gasteiger charge is 2.21. The van der Waals surface area contributed by atoms with E-state index in [1.165, 1.54) is 10.4 Å². The van der Waals surface area contributed by atoms with Crippen LogP contribution in [0.5, 0.6) is 0 Å². The van der Waals surface area contributed by atoms with E-state index in [4.69, 9.17) is 0 Å². The Morgan fingerprint density at radius 2 is 1.88 bits per heavy atom. The topological polar surface area (TPSA) is 48.5 Å². The van der Waals surface area contributed by atoms with E-state index < -0.39 is 0 Å². The van der Waals surface area contributed by atoms with Gasteiger partial charge in [-0.1, -0.05) is 36.4 Å². The minimum absolute atomic E-state index is 0.0549. The van der Waals surface area contributed by atoms with Gasteiger partial charge in [0, 0.05) is 36.6 Å². The van der Waals surface area contributed by atoms with Gasteiger partial charge in [-0.15, -0.1) is 11.3 Å². The number of guanidine groups is 1. The highest BCUT2D eigenvalue weighted by atomic mass is 32.1. The molecule has 4 nitrogen and oxygen atoms in total. The van der Waals surface area contributed by atoms with Gasteiger partial charge >= 0.3 is 0 Å². The maximum absolute atomic E-state index is 4.32. The molecule has 3 N–H and O–H groups in total. The Morgan fingerprint density at radius 1 is 1.12 bits per heavy atom. The molecule has 5 heteroatoms. The van der Waals surface area contributed by atoms with Crippen molar-refractivity contribution in [1.29, 1.82) is 0 Å². The molecule has 0 aliphatic rings. The second-order valence-electron chi connectivity index (χ2n) is 6.84. The molecule has 0 radical (unpaired) electrons. The molecule has 2 aromatic rings. The first-order chi connectivity index (χ1) is 12.0. The van der Waals surface area contributed by atoms with Crippen LogP contribution in [0.4, 0.5) is 0 Å². The molecule has 0 spiro atoms. The molecule has 0 saturated carbocycles. The molecule has 0 amide bonds. The fourth-order valence-electron chi connectivity index (χ4n) is 2.75. The minimum atomic E-state index is -0.0549. The van der Waals surface area contributed by atoms with Crippen LogP contribution in [0.2, 0.25) is 0 Å². The van der Waals surface area contributed by atoms with E-state index in [0.29, 0.717) is 6.04 Å². The normalized spacial score (nSPS) is 13.5. The summed E-state index contributed by atoms with van der Waals surface area (Å²) < 4.78 is 0. The number of hydrogen-bond acceptors (Lipinski definition) is 3. The van der Waals surface area contributed by atoms with Crippen LogP contribution in [-0.4, -0.2) is 31.6 Å². The molecular formula is C20H30N4S. The number of hydrogen-bond donors (Lipinski definition) is 3. The summed E-state index contributed by atoms with van der Waals surface area (Å²) in [6.45, 7) is 8.29. The van der Waals surface area contributed by atoms with Crippen LogP contribution >= 0.6 is 11.3 Å². The molecule has 1 aromatic heterocycles. The summed E-state index contributed by atoms with van der Waals surface area (Å²) in [4.78, 5) is 5.71. The molecule has 0 bridgehead atoms. The number of nitrogens with one attached hydrogen (secondary N) is 3. The van der Waals surface area contributed by atoms with Gasteiger partial charge in [0.15, 0.2) is 5.96 Å². The van der Waals surface area contributed by atoms with Crippen molar-refractivity contribution in [2.24, 2.45) is 4.99 Å². The van der Waals surface area contributed by atoms with Gasteiger partial charge in [-0.25, -0.2) is 0 Å². The van der Waals surface area contributed by atoms with E-state index in [1.807, 2.05) is 7.05 Å². The van der Waals surface area contributed by atoms with Crippen molar-refractivity contribution in [2.75, 3.05) is 20.1 Å². The SMILES string of the molecule is CN=C(NCCc1cccs1)NCC(C)(C)NC(C)c1ccccc1. The lowest BCUT2D eigenvalue weighted by atomic mass is 10.0. The van der Waals surface area contributed by atoms with Crippen molar-refractivity contribution in [3.8, 4) is 0 Å². The second kappa shape index (κ2) is 9.59. The highest BCUT2D eigenvalue weighted by Crippen LogP contribution is 2.15. The molecule has 25 heavy (non-hydrogen) atoms. The van der Waals surface area contributed by atoms with Crippen molar-refractivity contribution in [2.45, 2.75) is 38.8 Å². The number of thiophene rings is 1. The Balaban J connectivity index is 1.76. The van der Waals surface area contributed by atoms with E-state index in [-0.39, 0.29) is 5.54 Å². The monoisotopic (exact) mass is 358 g/mol. The Labute approximate surface area is 155 Å². The summed E-state index contributed by atoms with van der Waals surface area (Å²) in [6.07, 6.45) is 1.02. The van der Waals surface area contributed by atoms with Gasteiger partial charge in [-0.05, 0) is 44.2 Å². The van der Waals surface area contributed by atoms with E-state index >= 15 is 0 Å². The molecule has 136 valence electrons. The van der Waals surface area contributed by atoms with Crippen molar-refractivity contribution >= 4 is 17.3 Å². The lowest BCUT2D eigenvalue weighted by Gasteiger charge is -2.31. The molecule has 0 fully saturated rings. The van der Waals surface area contributed by atoms with Crippen LogP contribution in [0.25, 0.3) is 0 Å². The van der Waals surface area contributed by atoms with Crippen LogP contribution < -0.4 is 16.0 Å². The first-order valence-corrected chi connectivity index (χ1v) is 9.68. The molecule has 1 heterocycles. The lowest BCUT2D eigenvalue weighted by molar-refractivity contribution is 0.345. The second-order valence-corrected chi connectivity index (χ2v) is 7.87. The van der Waals surface area contributed by atoms with Crippen molar-refractivity contribution in [3.63, 3.8) is 0 Å². The first-order valence-electron chi connectivity index (χ1n) is 8.80. The summed E-state index contributed by atoms with van der Waals surface area (Å²) in [5.41, 5.74) is 1.25. The highest BCUT2D eigenvalue weighted by molar-refractivity contribution is 7.09. The summed E-state index contributed by atoms with van der Waals surface area (Å²) in [5.74, 6) is 0.846. The maximum atomic E-state index is 4.32. The van der Waals surface area contributed by atoms with Gasteiger partial charge in [0.05, 0.1) is 0 Å². The fraction of sp³-hybridized carbons (Fsp3) is 0.450. The van der Waals surface area contributed by atoms with Gasteiger partial charge in [0.2, 0.25) is 0 Å². The number of nitrogens with zero attached hydrogens (tertiary/aromatic N) is 1. The van der Waals surface area contributed by atoms with E-state index in [2.05, 4.69) is 89.6 Å². The van der Waals surface area contributed by atoms with Gasteiger partial charge in [0.1, 0.15) is 0 Å². The summed E-state index contributed by atoms with van der Waals surface area (Å²) in [5, 5.41) is 12.6. The molecular weight excluding hydrogens is 328 g/mol. The fourth-order valence-corrected chi connectivity index (χ4v) is 3.46. The number of benzene rings is 1. The third kappa shape index (κ3) is 6.88. The first kappa shape index (κ1) is 19.5. The zero-order valence-corrected chi connectivity index (χ0v) is 16.5. The molecule has 0 aliphatic carbocycles. The van der Waals surface area contributed by atoms with Crippen LogP contribution in [-0.2, 0) is 6.42 Å². The third-order valence-corrected chi connectivity index (χ3v) is 5.01. The van der Waals surface area contributed by atoms with Gasteiger partial charge in [0.25, 0.3) is 0 Å². The predicted octanol–water partition coefficient (Wildman–Crippen LogP) is 3.59. The summed E-state index contributed by atoms with van der Waals surface area (Å²) in [7, 11) is 1.81. The largest absolute Gasteiger partial charge is 0.356 e. The molecule has 1 aromatic carbocycles.